The van der Waals surface area contributed by atoms with Crippen LogP contribution in [0.2, 0.25) is 0 Å². The van der Waals surface area contributed by atoms with Gasteiger partial charge in [-0.3, -0.25) is 9.67 Å². The van der Waals surface area contributed by atoms with Crippen LogP contribution in [-0.2, 0) is 6.54 Å². The lowest BCUT2D eigenvalue weighted by molar-refractivity contribution is -0.254. The molecular weight excluding hydrogens is 346 g/mol. The summed E-state index contributed by atoms with van der Waals surface area (Å²) in [4.78, 5) is 15.9. The van der Waals surface area contributed by atoms with Crippen molar-refractivity contribution in [2.45, 2.75) is 20.4 Å². The number of aromatic carboxylic acids is 1. The van der Waals surface area contributed by atoms with Crippen LogP contribution in [0.15, 0.2) is 34.8 Å². The Labute approximate surface area is 135 Å². The zero-order valence-electron chi connectivity index (χ0n) is 12.1. The molecule has 0 aliphatic heterocycles. The van der Waals surface area contributed by atoms with E-state index in [0.717, 1.165) is 15.9 Å². The van der Waals surface area contributed by atoms with Crippen molar-refractivity contribution < 1.29 is 9.90 Å². The Hall–Kier alpha value is -2.21. The van der Waals surface area contributed by atoms with Gasteiger partial charge < -0.3 is 9.90 Å². The molecule has 0 amide bonds. The van der Waals surface area contributed by atoms with Gasteiger partial charge in [-0.2, -0.15) is 5.10 Å². The van der Waals surface area contributed by atoms with Crippen molar-refractivity contribution in [3.8, 4) is 0 Å². The van der Waals surface area contributed by atoms with Gasteiger partial charge >= 0.3 is 0 Å². The quantitative estimate of drug-likeness (QED) is 0.719. The number of fused-ring (bicyclic) bond motifs is 1. The molecule has 0 N–H and O–H groups in total. The molecule has 0 aliphatic carbocycles. The molecule has 2 aromatic heterocycles. The van der Waals surface area contributed by atoms with E-state index in [1.165, 1.54) is 0 Å². The number of carboxylic acids is 1. The van der Waals surface area contributed by atoms with E-state index in [0.29, 0.717) is 23.1 Å². The molecule has 0 unspecified atom stereocenters. The Morgan fingerprint density at radius 1 is 1.32 bits per heavy atom. The van der Waals surface area contributed by atoms with Crippen LogP contribution in [0.5, 0.6) is 0 Å². The molecule has 0 fully saturated rings. The van der Waals surface area contributed by atoms with Crippen LogP contribution in [0.3, 0.4) is 0 Å². The van der Waals surface area contributed by atoms with E-state index in [4.69, 9.17) is 0 Å². The second-order valence-electron chi connectivity index (χ2n) is 5.11. The summed E-state index contributed by atoms with van der Waals surface area (Å²) in [5.74, 6) is -1.20. The second kappa shape index (κ2) is 5.53. The van der Waals surface area contributed by atoms with E-state index in [1.807, 2.05) is 19.9 Å². The first kappa shape index (κ1) is 14.7. The van der Waals surface area contributed by atoms with Crippen molar-refractivity contribution >= 4 is 32.8 Å². The highest BCUT2D eigenvalue weighted by molar-refractivity contribution is 9.10. The minimum atomic E-state index is -1.20. The summed E-state index contributed by atoms with van der Waals surface area (Å²) in [7, 11) is 0. The second-order valence-corrected chi connectivity index (χ2v) is 5.90. The zero-order valence-corrected chi connectivity index (χ0v) is 13.7. The number of aryl methyl sites for hydroxylation is 1. The van der Waals surface area contributed by atoms with Gasteiger partial charge in [0.05, 0.1) is 39.6 Å². The van der Waals surface area contributed by atoms with Crippen LogP contribution in [-0.4, -0.2) is 20.7 Å². The molecule has 5 nitrogen and oxygen atoms in total. The molecule has 0 saturated heterocycles. The van der Waals surface area contributed by atoms with Crippen molar-refractivity contribution in [3.63, 3.8) is 0 Å². The summed E-state index contributed by atoms with van der Waals surface area (Å²) < 4.78 is 2.75. The Morgan fingerprint density at radius 3 is 2.68 bits per heavy atom. The molecule has 2 heterocycles. The number of hydrogen-bond donors (Lipinski definition) is 0. The molecular formula is C16H13BrN3O2-. The van der Waals surface area contributed by atoms with Crippen LogP contribution < -0.4 is 5.11 Å². The first-order chi connectivity index (χ1) is 10.5. The lowest BCUT2D eigenvalue weighted by atomic mass is 10.1. The SMILES string of the molecule is Cc1nn(Cc2cc(C(=O)[O-])c3ccccc3n2)c(C)c1Br. The van der Waals surface area contributed by atoms with E-state index in [9.17, 15) is 9.90 Å². The number of para-hydroxylation sites is 1. The third-order valence-electron chi connectivity index (χ3n) is 3.59. The lowest BCUT2D eigenvalue weighted by Crippen LogP contribution is -2.23. The molecule has 0 spiro atoms. The van der Waals surface area contributed by atoms with Gasteiger partial charge in [-0.15, -0.1) is 0 Å². The van der Waals surface area contributed by atoms with Gasteiger partial charge in [0.1, 0.15) is 0 Å². The van der Waals surface area contributed by atoms with Crippen molar-refractivity contribution in [1.82, 2.24) is 14.8 Å². The van der Waals surface area contributed by atoms with Gasteiger partial charge in [-0.1, -0.05) is 18.2 Å². The number of carbonyl (C=O) groups is 1. The zero-order chi connectivity index (χ0) is 15.9. The summed E-state index contributed by atoms with van der Waals surface area (Å²) in [5.41, 5.74) is 3.29. The van der Waals surface area contributed by atoms with Gasteiger partial charge in [0, 0.05) is 10.9 Å². The third-order valence-corrected chi connectivity index (χ3v) is 4.74. The van der Waals surface area contributed by atoms with Crippen molar-refractivity contribution in [2.75, 3.05) is 0 Å². The third kappa shape index (κ3) is 2.50. The number of nitrogens with zero attached hydrogens (tertiary/aromatic N) is 3. The summed E-state index contributed by atoms with van der Waals surface area (Å²) >= 11 is 3.48. The van der Waals surface area contributed by atoms with Crippen LogP contribution in [0.4, 0.5) is 0 Å². The smallest absolute Gasteiger partial charge is 0.0835 e. The predicted octanol–water partition coefficient (Wildman–Crippen LogP) is 2.22. The van der Waals surface area contributed by atoms with E-state index >= 15 is 0 Å². The highest BCUT2D eigenvalue weighted by Crippen LogP contribution is 2.22. The topological polar surface area (TPSA) is 70.8 Å². The number of halogens is 1. The molecule has 0 bridgehead atoms. The van der Waals surface area contributed by atoms with Crippen LogP contribution in [0.25, 0.3) is 10.9 Å². The summed E-state index contributed by atoms with van der Waals surface area (Å²) in [6.07, 6.45) is 0. The summed E-state index contributed by atoms with van der Waals surface area (Å²) in [6, 6.07) is 8.70. The monoisotopic (exact) mass is 358 g/mol. The van der Waals surface area contributed by atoms with Gasteiger partial charge in [0.15, 0.2) is 0 Å². The fourth-order valence-corrected chi connectivity index (χ4v) is 2.75. The Kier molecular flexibility index (Phi) is 3.70. The number of carbonyl (C=O) groups excluding carboxylic acids is 1. The molecule has 0 aliphatic rings. The number of pyridine rings is 1. The minimum Gasteiger partial charge on any atom is -0.545 e. The molecule has 0 radical (unpaired) electrons. The predicted molar refractivity (Wildman–Crippen MR) is 84.6 cm³/mol. The van der Waals surface area contributed by atoms with E-state index in [1.54, 1.807) is 28.9 Å². The number of rotatable bonds is 3. The molecule has 22 heavy (non-hydrogen) atoms. The largest absolute Gasteiger partial charge is 0.545 e. The number of benzene rings is 1. The maximum absolute atomic E-state index is 11.4. The molecule has 0 saturated carbocycles. The summed E-state index contributed by atoms with van der Waals surface area (Å²) in [6.45, 7) is 4.27. The first-order valence-electron chi connectivity index (χ1n) is 6.77. The normalized spacial score (nSPS) is 11.0. The Bertz CT molecular complexity index is 886. The van der Waals surface area contributed by atoms with Crippen LogP contribution in [0, 0.1) is 13.8 Å². The van der Waals surface area contributed by atoms with Gasteiger partial charge in [-0.05, 0) is 41.9 Å². The van der Waals surface area contributed by atoms with Crippen molar-refractivity contribution in [2.24, 2.45) is 0 Å². The number of hydrogen-bond acceptors (Lipinski definition) is 4. The Morgan fingerprint density at radius 2 is 2.05 bits per heavy atom. The average molecular weight is 359 g/mol. The average Bonchev–Trinajstić information content (AvgIpc) is 2.73. The maximum Gasteiger partial charge on any atom is 0.0835 e. The highest BCUT2D eigenvalue weighted by Gasteiger charge is 2.11. The van der Waals surface area contributed by atoms with E-state index in [-0.39, 0.29) is 5.56 Å². The van der Waals surface area contributed by atoms with Gasteiger partial charge in [0.25, 0.3) is 0 Å². The van der Waals surface area contributed by atoms with Crippen molar-refractivity contribution in [3.05, 3.63) is 57.4 Å². The molecule has 6 heteroatoms. The lowest BCUT2D eigenvalue weighted by Gasteiger charge is -2.11. The van der Waals surface area contributed by atoms with E-state index in [2.05, 4.69) is 26.0 Å². The highest BCUT2D eigenvalue weighted by atomic mass is 79.9. The summed E-state index contributed by atoms with van der Waals surface area (Å²) in [5, 5.41) is 16.4. The number of carboxylic acid groups (broad SMARTS) is 1. The fourth-order valence-electron chi connectivity index (χ4n) is 2.46. The fraction of sp³-hybridized carbons (Fsp3) is 0.188. The molecule has 0 atom stereocenters. The molecule has 3 rings (SSSR count). The van der Waals surface area contributed by atoms with Gasteiger partial charge in [0.2, 0.25) is 0 Å². The molecule has 1 aromatic carbocycles. The molecule has 112 valence electrons. The van der Waals surface area contributed by atoms with Crippen LogP contribution >= 0.6 is 15.9 Å². The van der Waals surface area contributed by atoms with Crippen LogP contribution in [0.1, 0.15) is 27.4 Å². The van der Waals surface area contributed by atoms with Crippen molar-refractivity contribution in [1.29, 1.82) is 0 Å². The van der Waals surface area contributed by atoms with Gasteiger partial charge in [-0.25, -0.2) is 0 Å². The van der Waals surface area contributed by atoms with E-state index < -0.39 is 5.97 Å². The number of aromatic nitrogens is 3. The molecule has 3 aromatic rings. The Balaban J connectivity index is 2.11. The maximum atomic E-state index is 11.4. The standard InChI is InChI=1S/C16H14BrN3O2/c1-9-15(17)10(2)20(19-9)8-11-7-13(16(21)22)12-5-3-4-6-14(12)18-11/h3-7H,8H2,1-2H3,(H,21,22)/p-1. The minimum absolute atomic E-state index is 0.154. The first-order valence-corrected chi connectivity index (χ1v) is 7.56.